The summed E-state index contributed by atoms with van der Waals surface area (Å²) in [6.45, 7) is 4.95. The standard InChI is InChI=1S/C21H24FN3O2/c1-13-6-5-8-17(21(27)25-12-15(11-23)10-14(25)2)19(13)24-20(26)16-7-3-4-9-18(16)22/h3-9,14-15H,10-12,23H2,1-2H3,(H,24,26). The van der Waals surface area contributed by atoms with Crippen molar-refractivity contribution < 1.29 is 14.0 Å². The van der Waals surface area contributed by atoms with Crippen LogP contribution in [0.4, 0.5) is 10.1 Å². The number of aryl methyl sites for hydroxylation is 1. The number of hydrogen-bond acceptors (Lipinski definition) is 3. The van der Waals surface area contributed by atoms with Crippen molar-refractivity contribution in [3.05, 3.63) is 65.0 Å². The van der Waals surface area contributed by atoms with Gasteiger partial charge in [-0.05, 0) is 56.5 Å². The molecule has 1 aliphatic heterocycles. The summed E-state index contributed by atoms with van der Waals surface area (Å²) in [5, 5.41) is 2.73. The fourth-order valence-corrected chi connectivity index (χ4v) is 3.59. The molecule has 2 atom stereocenters. The molecule has 0 saturated carbocycles. The molecule has 0 radical (unpaired) electrons. The van der Waals surface area contributed by atoms with E-state index in [1.807, 2.05) is 19.9 Å². The third-order valence-electron chi connectivity index (χ3n) is 5.12. The Kier molecular flexibility index (Phi) is 5.56. The van der Waals surface area contributed by atoms with Crippen molar-refractivity contribution in [1.82, 2.24) is 4.90 Å². The van der Waals surface area contributed by atoms with E-state index < -0.39 is 11.7 Å². The van der Waals surface area contributed by atoms with Gasteiger partial charge in [-0.1, -0.05) is 24.3 Å². The summed E-state index contributed by atoms with van der Waals surface area (Å²) in [5.74, 6) is -1.04. The Morgan fingerprint density at radius 2 is 1.89 bits per heavy atom. The van der Waals surface area contributed by atoms with Gasteiger partial charge in [0.25, 0.3) is 11.8 Å². The number of benzene rings is 2. The van der Waals surface area contributed by atoms with Crippen LogP contribution in [-0.4, -0.2) is 35.8 Å². The first kappa shape index (κ1) is 19.0. The largest absolute Gasteiger partial charge is 0.336 e. The van der Waals surface area contributed by atoms with Gasteiger partial charge in [-0.3, -0.25) is 9.59 Å². The number of rotatable bonds is 4. The highest BCUT2D eigenvalue weighted by atomic mass is 19.1. The summed E-state index contributed by atoms with van der Waals surface area (Å²) in [7, 11) is 0. The third-order valence-corrected chi connectivity index (χ3v) is 5.12. The van der Waals surface area contributed by atoms with E-state index in [-0.39, 0.29) is 23.4 Å². The lowest BCUT2D eigenvalue weighted by atomic mass is 10.1. The number of hydrogen-bond donors (Lipinski definition) is 2. The first-order chi connectivity index (χ1) is 12.9. The average molecular weight is 369 g/mol. The van der Waals surface area contributed by atoms with E-state index in [1.165, 1.54) is 18.2 Å². The minimum atomic E-state index is -0.601. The Hall–Kier alpha value is -2.73. The highest BCUT2D eigenvalue weighted by Crippen LogP contribution is 2.28. The van der Waals surface area contributed by atoms with Crippen molar-refractivity contribution in [3.63, 3.8) is 0 Å². The minimum absolute atomic E-state index is 0.0584. The van der Waals surface area contributed by atoms with E-state index in [0.29, 0.717) is 24.3 Å². The maximum atomic E-state index is 13.9. The predicted octanol–water partition coefficient (Wildman–Crippen LogP) is 3.20. The van der Waals surface area contributed by atoms with Gasteiger partial charge in [0.15, 0.2) is 0 Å². The van der Waals surface area contributed by atoms with Crippen molar-refractivity contribution in [2.75, 3.05) is 18.4 Å². The van der Waals surface area contributed by atoms with Crippen LogP contribution in [0.1, 0.15) is 39.6 Å². The van der Waals surface area contributed by atoms with Crippen molar-refractivity contribution >= 4 is 17.5 Å². The van der Waals surface area contributed by atoms with Gasteiger partial charge in [0, 0.05) is 12.6 Å². The van der Waals surface area contributed by atoms with Gasteiger partial charge in [-0.25, -0.2) is 4.39 Å². The van der Waals surface area contributed by atoms with Crippen LogP contribution in [0.15, 0.2) is 42.5 Å². The molecule has 1 aliphatic rings. The van der Waals surface area contributed by atoms with Gasteiger partial charge in [0.1, 0.15) is 5.82 Å². The molecule has 2 unspecified atom stereocenters. The fraction of sp³-hybridized carbons (Fsp3) is 0.333. The molecule has 6 heteroatoms. The molecule has 2 amide bonds. The molecule has 0 spiro atoms. The molecule has 1 fully saturated rings. The second-order valence-corrected chi connectivity index (χ2v) is 7.08. The van der Waals surface area contributed by atoms with Crippen LogP contribution in [0.2, 0.25) is 0 Å². The molecule has 0 bridgehead atoms. The summed E-state index contributed by atoms with van der Waals surface area (Å²) in [6.07, 6.45) is 0.866. The first-order valence-electron chi connectivity index (χ1n) is 9.09. The van der Waals surface area contributed by atoms with E-state index in [0.717, 1.165) is 12.0 Å². The number of para-hydroxylation sites is 1. The molecule has 0 aromatic heterocycles. The van der Waals surface area contributed by atoms with E-state index >= 15 is 0 Å². The number of halogens is 1. The number of anilines is 1. The molecule has 2 aromatic carbocycles. The van der Waals surface area contributed by atoms with Crippen LogP contribution in [0.5, 0.6) is 0 Å². The first-order valence-corrected chi connectivity index (χ1v) is 9.09. The van der Waals surface area contributed by atoms with E-state index in [4.69, 9.17) is 5.73 Å². The highest BCUT2D eigenvalue weighted by Gasteiger charge is 2.33. The monoisotopic (exact) mass is 369 g/mol. The van der Waals surface area contributed by atoms with Crippen molar-refractivity contribution in [2.24, 2.45) is 11.7 Å². The van der Waals surface area contributed by atoms with Gasteiger partial charge in [0.2, 0.25) is 0 Å². The number of nitrogens with zero attached hydrogens (tertiary/aromatic N) is 1. The number of likely N-dealkylation sites (tertiary alicyclic amines) is 1. The summed E-state index contributed by atoms with van der Waals surface area (Å²) in [5.41, 5.74) is 7.27. The molecule has 27 heavy (non-hydrogen) atoms. The van der Waals surface area contributed by atoms with Crippen LogP contribution in [0.25, 0.3) is 0 Å². The number of carbonyl (C=O) groups excluding carboxylic acids is 2. The molecule has 1 saturated heterocycles. The van der Waals surface area contributed by atoms with E-state index in [2.05, 4.69) is 5.32 Å². The van der Waals surface area contributed by atoms with Crippen molar-refractivity contribution in [3.8, 4) is 0 Å². The number of carbonyl (C=O) groups is 2. The lowest BCUT2D eigenvalue weighted by molar-refractivity contribution is 0.0744. The molecule has 5 nitrogen and oxygen atoms in total. The van der Waals surface area contributed by atoms with Crippen LogP contribution in [0, 0.1) is 18.7 Å². The average Bonchev–Trinajstić information content (AvgIpc) is 3.04. The summed E-state index contributed by atoms with van der Waals surface area (Å²) in [4.78, 5) is 27.5. The topological polar surface area (TPSA) is 75.4 Å². The van der Waals surface area contributed by atoms with Crippen LogP contribution in [-0.2, 0) is 0 Å². The highest BCUT2D eigenvalue weighted by molar-refractivity contribution is 6.09. The van der Waals surface area contributed by atoms with Gasteiger partial charge in [-0.15, -0.1) is 0 Å². The fourth-order valence-electron chi connectivity index (χ4n) is 3.59. The van der Waals surface area contributed by atoms with Crippen LogP contribution < -0.4 is 11.1 Å². The SMILES string of the molecule is Cc1cccc(C(=O)N2CC(CN)CC2C)c1NC(=O)c1ccccc1F. The van der Waals surface area contributed by atoms with Gasteiger partial charge >= 0.3 is 0 Å². The molecule has 142 valence electrons. The van der Waals surface area contributed by atoms with Crippen molar-refractivity contribution in [2.45, 2.75) is 26.3 Å². The molecule has 3 rings (SSSR count). The number of nitrogens with one attached hydrogen (secondary N) is 1. The number of nitrogens with two attached hydrogens (primary N) is 1. The maximum absolute atomic E-state index is 13.9. The zero-order chi connectivity index (χ0) is 19.6. The third kappa shape index (κ3) is 3.85. The van der Waals surface area contributed by atoms with Gasteiger partial charge in [0.05, 0.1) is 16.8 Å². The van der Waals surface area contributed by atoms with Gasteiger partial charge < -0.3 is 16.0 Å². The van der Waals surface area contributed by atoms with E-state index in [1.54, 1.807) is 23.1 Å². The molecule has 1 heterocycles. The molecular weight excluding hydrogens is 345 g/mol. The van der Waals surface area contributed by atoms with Crippen LogP contribution in [0.3, 0.4) is 0 Å². The Morgan fingerprint density at radius 1 is 1.19 bits per heavy atom. The summed E-state index contributed by atoms with van der Waals surface area (Å²) < 4.78 is 13.9. The predicted molar refractivity (Wildman–Crippen MR) is 103 cm³/mol. The number of amides is 2. The lowest BCUT2D eigenvalue weighted by Crippen LogP contribution is -2.35. The second kappa shape index (κ2) is 7.88. The molecule has 3 N–H and O–H groups in total. The summed E-state index contributed by atoms with van der Waals surface area (Å²) >= 11 is 0. The Morgan fingerprint density at radius 3 is 2.56 bits per heavy atom. The van der Waals surface area contributed by atoms with Crippen molar-refractivity contribution in [1.29, 1.82) is 0 Å². The molecule has 2 aromatic rings. The smallest absolute Gasteiger partial charge is 0.258 e. The molecule has 0 aliphatic carbocycles. The zero-order valence-corrected chi connectivity index (χ0v) is 15.5. The van der Waals surface area contributed by atoms with Crippen LogP contribution >= 0.6 is 0 Å². The second-order valence-electron chi connectivity index (χ2n) is 7.08. The van der Waals surface area contributed by atoms with Gasteiger partial charge in [-0.2, -0.15) is 0 Å². The Bertz CT molecular complexity index is 868. The summed E-state index contributed by atoms with van der Waals surface area (Å²) in [6, 6.07) is 11.1. The molecular formula is C21H24FN3O2. The Labute approximate surface area is 158 Å². The lowest BCUT2D eigenvalue weighted by Gasteiger charge is -2.24. The quantitative estimate of drug-likeness (QED) is 0.869. The maximum Gasteiger partial charge on any atom is 0.258 e. The normalized spacial score (nSPS) is 19.2. The zero-order valence-electron chi connectivity index (χ0n) is 15.5. The minimum Gasteiger partial charge on any atom is -0.336 e. The Balaban J connectivity index is 1.90. The van der Waals surface area contributed by atoms with E-state index in [9.17, 15) is 14.0 Å².